The molecule has 0 aromatic heterocycles. The SMILES string of the molecule is CC(=O)[C@@H]1[C@@H](C(=O)c2ccc(CC(C)C)cc2)[C@@]2(C(=O)Nc3ccccc32)[C@@H]2C=Cc3cc(C)ccc3N12. The summed E-state index contributed by atoms with van der Waals surface area (Å²) in [5, 5.41) is 3.06. The molecule has 5 heteroatoms. The van der Waals surface area contributed by atoms with E-state index in [-0.39, 0.29) is 17.5 Å². The lowest BCUT2D eigenvalue weighted by molar-refractivity contribution is -0.122. The number of carbonyl (C=O) groups excluding carboxylic acids is 3. The van der Waals surface area contributed by atoms with Crippen LogP contribution < -0.4 is 10.2 Å². The second kappa shape index (κ2) is 8.80. The van der Waals surface area contributed by atoms with Crippen molar-refractivity contribution in [3.8, 4) is 0 Å². The molecule has 0 radical (unpaired) electrons. The number of fused-ring (bicyclic) bond motifs is 6. The van der Waals surface area contributed by atoms with Gasteiger partial charge in [-0.2, -0.15) is 0 Å². The number of nitrogens with zero attached hydrogens (tertiary/aromatic N) is 1. The Morgan fingerprint density at radius 2 is 1.76 bits per heavy atom. The number of benzene rings is 3. The zero-order valence-electron chi connectivity index (χ0n) is 22.2. The largest absolute Gasteiger partial charge is 0.352 e. The van der Waals surface area contributed by atoms with E-state index in [0.29, 0.717) is 17.2 Å². The van der Waals surface area contributed by atoms with Gasteiger partial charge in [-0.1, -0.05) is 80.1 Å². The Balaban J connectivity index is 1.58. The molecular weight excluding hydrogens is 472 g/mol. The number of carbonyl (C=O) groups is 3. The average molecular weight is 505 g/mol. The Labute approximate surface area is 223 Å². The number of Topliss-reactive ketones (excluding diaryl/α,β-unsaturated/α-hetero) is 2. The van der Waals surface area contributed by atoms with Crippen molar-refractivity contribution in [2.75, 3.05) is 10.2 Å². The van der Waals surface area contributed by atoms with Gasteiger partial charge in [-0.15, -0.1) is 0 Å². The molecule has 3 aliphatic heterocycles. The molecule has 192 valence electrons. The van der Waals surface area contributed by atoms with Gasteiger partial charge >= 0.3 is 0 Å². The van der Waals surface area contributed by atoms with Gasteiger partial charge in [0.1, 0.15) is 5.41 Å². The van der Waals surface area contributed by atoms with E-state index < -0.39 is 23.4 Å². The van der Waals surface area contributed by atoms with Crippen LogP contribution in [0.1, 0.15) is 53.4 Å². The molecule has 0 bridgehead atoms. The molecule has 1 saturated heterocycles. The number of anilines is 2. The van der Waals surface area contributed by atoms with Crippen molar-refractivity contribution in [2.24, 2.45) is 11.8 Å². The summed E-state index contributed by atoms with van der Waals surface area (Å²) >= 11 is 0. The van der Waals surface area contributed by atoms with E-state index in [2.05, 4.69) is 25.2 Å². The Morgan fingerprint density at radius 1 is 1.03 bits per heavy atom. The summed E-state index contributed by atoms with van der Waals surface area (Å²) in [6.45, 7) is 7.90. The van der Waals surface area contributed by atoms with E-state index in [1.807, 2.05) is 84.6 Å². The van der Waals surface area contributed by atoms with Gasteiger partial charge in [-0.3, -0.25) is 14.4 Å². The van der Waals surface area contributed by atoms with Gasteiger partial charge < -0.3 is 10.2 Å². The highest BCUT2D eigenvalue weighted by atomic mass is 16.2. The first-order valence-corrected chi connectivity index (χ1v) is 13.3. The second-order valence-electron chi connectivity index (χ2n) is 11.3. The predicted molar refractivity (Wildman–Crippen MR) is 151 cm³/mol. The highest BCUT2D eigenvalue weighted by Crippen LogP contribution is 2.57. The quantitative estimate of drug-likeness (QED) is 0.449. The molecule has 3 heterocycles. The summed E-state index contributed by atoms with van der Waals surface area (Å²) in [5.74, 6) is -0.916. The summed E-state index contributed by atoms with van der Waals surface area (Å²) < 4.78 is 0. The monoisotopic (exact) mass is 504 g/mol. The molecule has 0 unspecified atom stereocenters. The molecule has 0 saturated carbocycles. The van der Waals surface area contributed by atoms with Crippen molar-refractivity contribution in [3.05, 3.63) is 101 Å². The van der Waals surface area contributed by atoms with Crippen LogP contribution >= 0.6 is 0 Å². The Kier molecular flexibility index (Phi) is 5.64. The molecule has 3 aliphatic rings. The van der Waals surface area contributed by atoms with Crippen LogP contribution in [0.3, 0.4) is 0 Å². The van der Waals surface area contributed by atoms with Crippen LogP contribution in [-0.2, 0) is 21.4 Å². The number of hydrogen-bond donors (Lipinski definition) is 1. The van der Waals surface area contributed by atoms with Crippen molar-refractivity contribution in [1.82, 2.24) is 0 Å². The topological polar surface area (TPSA) is 66.5 Å². The van der Waals surface area contributed by atoms with Crippen molar-refractivity contribution in [1.29, 1.82) is 0 Å². The van der Waals surface area contributed by atoms with Crippen molar-refractivity contribution >= 4 is 34.9 Å². The van der Waals surface area contributed by atoms with Crippen molar-refractivity contribution in [2.45, 2.75) is 51.6 Å². The van der Waals surface area contributed by atoms with Crippen LogP contribution in [0.4, 0.5) is 11.4 Å². The second-order valence-corrected chi connectivity index (χ2v) is 11.3. The number of aryl methyl sites for hydroxylation is 1. The Morgan fingerprint density at radius 3 is 2.47 bits per heavy atom. The Bertz CT molecular complexity index is 1500. The number of para-hydroxylation sites is 1. The standard InChI is InChI=1S/C33H32N2O3/c1-19(2)17-22-10-12-23(13-11-22)31(37)29-30(21(4)36)35-27-15-9-20(3)18-24(27)14-16-28(35)33(29)25-7-5-6-8-26(25)34-32(33)38/h5-16,18-19,28-30H,17H2,1-4H3,(H,34,38)/t28-,29-,30+,33-/m0/s1. The van der Waals surface area contributed by atoms with E-state index >= 15 is 0 Å². The molecule has 3 aromatic rings. The van der Waals surface area contributed by atoms with Gasteiger partial charge in [-0.25, -0.2) is 0 Å². The highest BCUT2D eigenvalue weighted by molar-refractivity contribution is 6.16. The summed E-state index contributed by atoms with van der Waals surface area (Å²) in [6.07, 6.45) is 4.97. The van der Waals surface area contributed by atoms with Gasteiger partial charge in [-0.05, 0) is 61.1 Å². The maximum Gasteiger partial charge on any atom is 0.238 e. The van der Waals surface area contributed by atoms with Crippen LogP contribution in [0.15, 0.2) is 72.8 Å². The number of nitrogens with one attached hydrogen (secondary N) is 1. The first kappa shape index (κ1) is 24.4. The maximum absolute atomic E-state index is 14.5. The molecule has 38 heavy (non-hydrogen) atoms. The van der Waals surface area contributed by atoms with Gasteiger partial charge in [0.25, 0.3) is 0 Å². The molecular formula is C33H32N2O3. The predicted octanol–water partition coefficient (Wildman–Crippen LogP) is 5.76. The number of rotatable bonds is 5. The third-order valence-electron chi connectivity index (χ3n) is 8.37. The summed E-state index contributed by atoms with van der Waals surface area (Å²) in [4.78, 5) is 44.2. The molecule has 1 amide bonds. The van der Waals surface area contributed by atoms with E-state index in [9.17, 15) is 14.4 Å². The number of amides is 1. The van der Waals surface area contributed by atoms with Crippen LogP contribution in [0.25, 0.3) is 6.08 Å². The zero-order chi connectivity index (χ0) is 26.8. The number of ketones is 2. The lowest BCUT2D eigenvalue weighted by Crippen LogP contribution is -2.51. The number of hydrogen-bond acceptors (Lipinski definition) is 4. The average Bonchev–Trinajstić information content (AvgIpc) is 3.36. The van der Waals surface area contributed by atoms with Crippen LogP contribution in [-0.4, -0.2) is 29.6 Å². The first-order valence-electron chi connectivity index (χ1n) is 13.3. The smallest absolute Gasteiger partial charge is 0.238 e. The lowest BCUT2D eigenvalue weighted by atomic mass is 9.64. The van der Waals surface area contributed by atoms with Crippen molar-refractivity contribution < 1.29 is 14.4 Å². The van der Waals surface area contributed by atoms with E-state index in [1.165, 1.54) is 6.92 Å². The minimum atomic E-state index is -1.24. The van der Waals surface area contributed by atoms with Crippen molar-refractivity contribution in [3.63, 3.8) is 0 Å². The summed E-state index contributed by atoms with van der Waals surface area (Å²) in [5.41, 5.74) is 4.90. The van der Waals surface area contributed by atoms with Crippen LogP contribution in [0.5, 0.6) is 0 Å². The van der Waals surface area contributed by atoms with E-state index in [4.69, 9.17) is 0 Å². The minimum Gasteiger partial charge on any atom is -0.352 e. The zero-order valence-corrected chi connectivity index (χ0v) is 22.2. The Hall–Kier alpha value is -3.99. The highest BCUT2D eigenvalue weighted by Gasteiger charge is 2.69. The van der Waals surface area contributed by atoms with Crippen LogP contribution in [0.2, 0.25) is 0 Å². The normalized spacial score (nSPS) is 24.8. The molecule has 1 spiro atoms. The van der Waals surface area contributed by atoms with Gasteiger partial charge in [0, 0.05) is 16.9 Å². The van der Waals surface area contributed by atoms with Gasteiger partial charge in [0.15, 0.2) is 11.6 Å². The fourth-order valence-electron chi connectivity index (χ4n) is 6.91. The fourth-order valence-corrected chi connectivity index (χ4v) is 6.91. The third kappa shape index (κ3) is 3.41. The third-order valence-corrected chi connectivity index (χ3v) is 8.37. The molecule has 3 aromatic carbocycles. The molecule has 1 fully saturated rings. The maximum atomic E-state index is 14.5. The minimum absolute atomic E-state index is 0.124. The molecule has 5 nitrogen and oxygen atoms in total. The van der Waals surface area contributed by atoms with Gasteiger partial charge in [0.2, 0.25) is 5.91 Å². The van der Waals surface area contributed by atoms with E-state index in [0.717, 1.165) is 34.4 Å². The van der Waals surface area contributed by atoms with Crippen LogP contribution in [0, 0.1) is 18.8 Å². The lowest BCUT2D eigenvalue weighted by Gasteiger charge is -2.37. The summed E-state index contributed by atoms with van der Waals surface area (Å²) in [6, 6.07) is 20.1. The van der Waals surface area contributed by atoms with E-state index in [1.54, 1.807) is 0 Å². The fraction of sp³-hybridized carbons (Fsp3) is 0.303. The first-order chi connectivity index (χ1) is 18.2. The molecule has 6 rings (SSSR count). The molecule has 0 aliphatic carbocycles. The molecule has 4 atom stereocenters. The van der Waals surface area contributed by atoms with Gasteiger partial charge in [0.05, 0.1) is 18.0 Å². The summed E-state index contributed by atoms with van der Waals surface area (Å²) in [7, 11) is 0. The molecule has 1 N–H and O–H groups in total.